The predicted molar refractivity (Wildman–Crippen MR) is 52.9 cm³/mol. The summed E-state index contributed by atoms with van der Waals surface area (Å²) in [5.74, 6) is -0.427. The van der Waals surface area contributed by atoms with Gasteiger partial charge in [-0.05, 0) is 43.5 Å². The van der Waals surface area contributed by atoms with Crippen LogP contribution < -0.4 is 5.32 Å². The first-order valence-corrected chi connectivity index (χ1v) is 4.97. The third-order valence-corrected chi connectivity index (χ3v) is 2.79. The zero-order valence-electron chi connectivity index (χ0n) is 7.96. The van der Waals surface area contributed by atoms with Crippen LogP contribution >= 0.6 is 0 Å². The van der Waals surface area contributed by atoms with Crippen molar-refractivity contribution in [1.29, 1.82) is 0 Å². The Kier molecular flexibility index (Phi) is 2.68. The van der Waals surface area contributed by atoms with E-state index >= 15 is 0 Å². The van der Waals surface area contributed by atoms with E-state index in [-0.39, 0.29) is 11.7 Å². The van der Waals surface area contributed by atoms with Crippen molar-refractivity contribution < 1.29 is 9.50 Å². The maximum Gasteiger partial charge on any atom is 0.168 e. The van der Waals surface area contributed by atoms with E-state index in [4.69, 9.17) is 0 Å². The fraction of sp³-hybridized carbons (Fsp3) is 0.455. The average Bonchev–Trinajstić information content (AvgIpc) is 2.23. The van der Waals surface area contributed by atoms with E-state index in [1.54, 1.807) is 12.1 Å². The van der Waals surface area contributed by atoms with Crippen LogP contribution in [0.2, 0.25) is 0 Å². The molecule has 0 spiro atoms. The molecule has 14 heavy (non-hydrogen) atoms. The maximum atomic E-state index is 13.5. The lowest BCUT2D eigenvalue weighted by atomic mass is 9.90. The lowest BCUT2D eigenvalue weighted by Crippen LogP contribution is -2.27. The summed E-state index contributed by atoms with van der Waals surface area (Å²) in [6.45, 7) is 1.86. The minimum atomic E-state index is -0.445. The smallest absolute Gasteiger partial charge is 0.168 e. The van der Waals surface area contributed by atoms with Crippen LogP contribution in [0, 0.1) is 5.82 Å². The molecule has 0 aliphatic carbocycles. The summed E-state index contributed by atoms with van der Waals surface area (Å²) >= 11 is 0. The van der Waals surface area contributed by atoms with Crippen molar-refractivity contribution >= 4 is 0 Å². The number of nitrogens with one attached hydrogen (secondary N) is 1. The van der Waals surface area contributed by atoms with Crippen LogP contribution in [0.4, 0.5) is 4.39 Å². The Labute approximate surface area is 82.8 Å². The van der Waals surface area contributed by atoms with Crippen LogP contribution in [0.3, 0.4) is 0 Å². The molecule has 1 aliphatic rings. The Balaban J connectivity index is 2.26. The molecule has 0 radical (unpaired) electrons. The van der Waals surface area contributed by atoms with Crippen molar-refractivity contribution in [3.05, 3.63) is 29.6 Å². The van der Waals surface area contributed by atoms with Gasteiger partial charge in [0, 0.05) is 0 Å². The van der Waals surface area contributed by atoms with Crippen molar-refractivity contribution in [3.8, 4) is 5.75 Å². The van der Waals surface area contributed by atoms with Crippen molar-refractivity contribution in [3.63, 3.8) is 0 Å². The summed E-state index contributed by atoms with van der Waals surface area (Å²) < 4.78 is 13.5. The van der Waals surface area contributed by atoms with Crippen LogP contribution in [-0.2, 0) is 0 Å². The minimum absolute atomic E-state index is 0.235. The van der Waals surface area contributed by atoms with Gasteiger partial charge in [0.1, 0.15) is 0 Å². The zero-order chi connectivity index (χ0) is 9.97. The van der Waals surface area contributed by atoms with Crippen molar-refractivity contribution in [2.24, 2.45) is 0 Å². The van der Waals surface area contributed by atoms with Crippen molar-refractivity contribution in [2.45, 2.75) is 18.8 Å². The predicted octanol–water partition coefficient (Wildman–Crippen LogP) is 2.00. The Bertz CT molecular complexity index is 321. The van der Waals surface area contributed by atoms with Gasteiger partial charge in [0.2, 0.25) is 0 Å². The van der Waals surface area contributed by atoms with Gasteiger partial charge < -0.3 is 10.4 Å². The molecule has 1 aromatic carbocycles. The molecule has 2 rings (SSSR count). The molecule has 0 aromatic heterocycles. The SMILES string of the molecule is Oc1cccc(C2CCNCC2)c1F. The molecule has 0 atom stereocenters. The number of rotatable bonds is 1. The molecule has 3 heteroatoms. The summed E-state index contributed by atoms with van der Waals surface area (Å²) in [6.07, 6.45) is 1.89. The number of piperidine rings is 1. The van der Waals surface area contributed by atoms with Crippen molar-refractivity contribution in [1.82, 2.24) is 5.32 Å². The van der Waals surface area contributed by atoms with Gasteiger partial charge >= 0.3 is 0 Å². The Hall–Kier alpha value is -1.09. The van der Waals surface area contributed by atoms with Crippen LogP contribution in [0.15, 0.2) is 18.2 Å². The van der Waals surface area contributed by atoms with Gasteiger partial charge in [-0.1, -0.05) is 12.1 Å². The molecule has 0 unspecified atom stereocenters. The first-order chi connectivity index (χ1) is 6.79. The molecule has 76 valence electrons. The van der Waals surface area contributed by atoms with Gasteiger partial charge in [0.15, 0.2) is 11.6 Å². The summed E-state index contributed by atoms with van der Waals surface area (Å²) in [5.41, 5.74) is 0.659. The van der Waals surface area contributed by atoms with Gasteiger partial charge in [0.25, 0.3) is 0 Å². The second-order valence-corrected chi connectivity index (χ2v) is 3.70. The monoisotopic (exact) mass is 195 g/mol. The van der Waals surface area contributed by atoms with E-state index in [1.807, 2.05) is 0 Å². The Morgan fingerprint density at radius 1 is 1.29 bits per heavy atom. The van der Waals surface area contributed by atoms with E-state index in [1.165, 1.54) is 6.07 Å². The summed E-state index contributed by atoms with van der Waals surface area (Å²) in [5, 5.41) is 12.5. The highest BCUT2D eigenvalue weighted by Gasteiger charge is 2.19. The zero-order valence-corrected chi connectivity index (χ0v) is 7.96. The van der Waals surface area contributed by atoms with E-state index < -0.39 is 5.82 Å². The van der Waals surface area contributed by atoms with E-state index in [0.29, 0.717) is 5.56 Å². The van der Waals surface area contributed by atoms with E-state index in [2.05, 4.69) is 5.32 Å². The highest BCUT2D eigenvalue weighted by Crippen LogP contribution is 2.30. The fourth-order valence-corrected chi connectivity index (χ4v) is 1.99. The first kappa shape index (κ1) is 9.46. The molecule has 1 aromatic rings. The van der Waals surface area contributed by atoms with E-state index in [9.17, 15) is 9.50 Å². The molecule has 1 aliphatic heterocycles. The number of aromatic hydroxyl groups is 1. The third kappa shape index (κ3) is 1.73. The lowest BCUT2D eigenvalue weighted by molar-refractivity contribution is 0.408. The number of phenolic OH excluding ortho intramolecular Hbond substituents is 1. The molecule has 2 nitrogen and oxygen atoms in total. The fourth-order valence-electron chi connectivity index (χ4n) is 1.99. The number of benzene rings is 1. The van der Waals surface area contributed by atoms with Gasteiger partial charge in [-0.15, -0.1) is 0 Å². The van der Waals surface area contributed by atoms with Crippen LogP contribution in [-0.4, -0.2) is 18.2 Å². The highest BCUT2D eigenvalue weighted by atomic mass is 19.1. The average molecular weight is 195 g/mol. The van der Waals surface area contributed by atoms with Crippen LogP contribution in [0.25, 0.3) is 0 Å². The Morgan fingerprint density at radius 3 is 2.71 bits per heavy atom. The minimum Gasteiger partial charge on any atom is -0.505 e. The number of halogens is 1. The van der Waals surface area contributed by atoms with Gasteiger partial charge in [0.05, 0.1) is 0 Å². The second-order valence-electron chi connectivity index (χ2n) is 3.70. The topological polar surface area (TPSA) is 32.3 Å². The molecular formula is C11H14FNO. The van der Waals surface area contributed by atoms with Gasteiger partial charge in [-0.25, -0.2) is 4.39 Å². The lowest BCUT2D eigenvalue weighted by Gasteiger charge is -2.23. The largest absolute Gasteiger partial charge is 0.505 e. The molecule has 0 bridgehead atoms. The van der Waals surface area contributed by atoms with Crippen LogP contribution in [0.1, 0.15) is 24.3 Å². The standard InChI is InChI=1S/C11H14FNO/c12-11-9(2-1-3-10(11)14)8-4-6-13-7-5-8/h1-3,8,13-14H,4-7H2. The Morgan fingerprint density at radius 2 is 2.00 bits per heavy atom. The van der Waals surface area contributed by atoms with Gasteiger partial charge in [-0.2, -0.15) is 0 Å². The molecule has 1 fully saturated rings. The number of hydrogen-bond acceptors (Lipinski definition) is 2. The van der Waals surface area contributed by atoms with Crippen molar-refractivity contribution in [2.75, 3.05) is 13.1 Å². The highest BCUT2D eigenvalue weighted by molar-refractivity contribution is 5.32. The maximum absolute atomic E-state index is 13.5. The molecular weight excluding hydrogens is 181 g/mol. The molecule has 0 amide bonds. The third-order valence-electron chi connectivity index (χ3n) is 2.79. The number of hydrogen-bond donors (Lipinski definition) is 2. The normalized spacial score (nSPS) is 18.4. The molecule has 1 saturated heterocycles. The first-order valence-electron chi connectivity index (χ1n) is 4.97. The number of phenols is 1. The second kappa shape index (κ2) is 3.96. The quantitative estimate of drug-likeness (QED) is 0.718. The molecule has 0 saturated carbocycles. The molecule has 2 N–H and O–H groups in total. The van der Waals surface area contributed by atoms with Gasteiger partial charge in [-0.3, -0.25) is 0 Å². The van der Waals surface area contributed by atoms with E-state index in [0.717, 1.165) is 25.9 Å². The summed E-state index contributed by atoms with van der Waals surface area (Å²) in [7, 11) is 0. The summed E-state index contributed by atoms with van der Waals surface area (Å²) in [4.78, 5) is 0. The summed E-state index contributed by atoms with van der Waals surface area (Å²) in [6, 6.07) is 4.86. The molecule has 1 heterocycles. The van der Waals surface area contributed by atoms with Crippen LogP contribution in [0.5, 0.6) is 5.75 Å².